The first-order valence-corrected chi connectivity index (χ1v) is 10.9. The third-order valence-electron chi connectivity index (χ3n) is 4.82. The van der Waals surface area contributed by atoms with Gasteiger partial charge in [0.15, 0.2) is 0 Å². The number of aromatic nitrogens is 2. The fourth-order valence-electron chi connectivity index (χ4n) is 2.92. The van der Waals surface area contributed by atoms with Gasteiger partial charge >= 0.3 is 6.09 Å². The average Bonchev–Trinajstić information content (AvgIpc) is 2.81. The minimum Gasteiger partial charge on any atom is -0.444 e. The minimum atomic E-state index is -0.780. The number of benzene rings is 1. The van der Waals surface area contributed by atoms with Gasteiger partial charge in [-0.25, -0.2) is 9.78 Å². The van der Waals surface area contributed by atoms with Crippen LogP contribution in [0.1, 0.15) is 39.0 Å². The summed E-state index contributed by atoms with van der Waals surface area (Å²) in [5, 5.41) is 2.80. The molecule has 0 saturated heterocycles. The van der Waals surface area contributed by atoms with Gasteiger partial charge in [-0.15, -0.1) is 0 Å². The SMILES string of the molecule is CC(C(=O)Nc1cc(-c2cccnc2)cc(C#Cc2ccccc2)n1)N(C)C(=O)OC(C)(C)C. The molecule has 2 aromatic heterocycles. The van der Waals surface area contributed by atoms with Crippen LogP contribution in [0.5, 0.6) is 0 Å². The zero-order valence-corrected chi connectivity index (χ0v) is 20.0. The minimum absolute atomic E-state index is 0.327. The summed E-state index contributed by atoms with van der Waals surface area (Å²) in [5.41, 5.74) is 2.36. The van der Waals surface area contributed by atoms with Crippen molar-refractivity contribution in [2.45, 2.75) is 39.3 Å². The average molecular weight is 457 g/mol. The molecule has 3 rings (SSSR count). The molecule has 0 aliphatic rings. The van der Waals surface area contributed by atoms with Crippen LogP contribution >= 0.6 is 0 Å². The molecule has 174 valence electrons. The van der Waals surface area contributed by atoms with Crippen LogP contribution in [0.3, 0.4) is 0 Å². The van der Waals surface area contributed by atoms with Gasteiger partial charge in [0.2, 0.25) is 5.91 Å². The van der Waals surface area contributed by atoms with Crippen molar-refractivity contribution < 1.29 is 14.3 Å². The second-order valence-corrected chi connectivity index (χ2v) is 8.74. The van der Waals surface area contributed by atoms with Crippen LogP contribution in [0.2, 0.25) is 0 Å². The molecule has 2 heterocycles. The first-order valence-electron chi connectivity index (χ1n) is 10.9. The predicted octanol–water partition coefficient (Wildman–Crippen LogP) is 4.74. The normalized spacial score (nSPS) is 11.6. The molecule has 1 N–H and O–H groups in total. The van der Waals surface area contributed by atoms with E-state index in [0.29, 0.717) is 11.5 Å². The van der Waals surface area contributed by atoms with Crippen molar-refractivity contribution in [3.8, 4) is 23.0 Å². The van der Waals surface area contributed by atoms with E-state index in [1.807, 2.05) is 48.5 Å². The third kappa shape index (κ3) is 6.91. The number of anilines is 1. The van der Waals surface area contributed by atoms with E-state index < -0.39 is 23.6 Å². The highest BCUT2D eigenvalue weighted by atomic mass is 16.6. The van der Waals surface area contributed by atoms with Crippen molar-refractivity contribution in [3.05, 3.63) is 78.2 Å². The van der Waals surface area contributed by atoms with Crippen molar-refractivity contribution in [1.29, 1.82) is 0 Å². The maximum absolute atomic E-state index is 12.9. The summed E-state index contributed by atoms with van der Waals surface area (Å²) in [6.07, 6.45) is 2.84. The Hall–Kier alpha value is -4.18. The number of carbonyl (C=O) groups is 2. The van der Waals surface area contributed by atoms with Gasteiger partial charge in [0, 0.05) is 30.6 Å². The summed E-state index contributed by atoms with van der Waals surface area (Å²) >= 11 is 0. The Morgan fingerprint density at radius 2 is 1.76 bits per heavy atom. The number of nitrogens with zero attached hydrogens (tertiary/aromatic N) is 3. The molecule has 2 amide bonds. The van der Waals surface area contributed by atoms with Gasteiger partial charge in [0.1, 0.15) is 23.2 Å². The first kappa shape index (κ1) is 24.5. The van der Waals surface area contributed by atoms with E-state index in [-0.39, 0.29) is 0 Å². The van der Waals surface area contributed by atoms with Gasteiger partial charge in [0.05, 0.1) is 0 Å². The number of ether oxygens (including phenoxy) is 1. The Morgan fingerprint density at radius 3 is 2.41 bits per heavy atom. The summed E-state index contributed by atoms with van der Waals surface area (Å²) in [7, 11) is 1.52. The second kappa shape index (κ2) is 10.6. The summed E-state index contributed by atoms with van der Waals surface area (Å²) < 4.78 is 5.36. The van der Waals surface area contributed by atoms with Gasteiger partial charge in [-0.05, 0) is 69.5 Å². The first-order chi connectivity index (χ1) is 16.1. The lowest BCUT2D eigenvalue weighted by Crippen LogP contribution is -2.45. The lowest BCUT2D eigenvalue weighted by Gasteiger charge is -2.28. The van der Waals surface area contributed by atoms with Gasteiger partial charge in [-0.3, -0.25) is 14.7 Å². The molecule has 34 heavy (non-hydrogen) atoms. The van der Waals surface area contributed by atoms with Crippen LogP contribution in [0, 0.1) is 11.8 Å². The van der Waals surface area contributed by atoms with Crippen molar-refractivity contribution >= 4 is 17.8 Å². The number of pyridine rings is 2. The largest absolute Gasteiger partial charge is 0.444 e. The second-order valence-electron chi connectivity index (χ2n) is 8.74. The molecule has 0 saturated carbocycles. The Balaban J connectivity index is 1.87. The number of likely N-dealkylation sites (N-methyl/N-ethyl adjacent to an activating group) is 1. The highest BCUT2D eigenvalue weighted by Gasteiger charge is 2.27. The van der Waals surface area contributed by atoms with Crippen molar-refractivity contribution in [3.63, 3.8) is 0 Å². The van der Waals surface area contributed by atoms with Crippen LogP contribution < -0.4 is 5.32 Å². The van der Waals surface area contributed by atoms with E-state index in [2.05, 4.69) is 27.1 Å². The van der Waals surface area contributed by atoms with E-state index in [0.717, 1.165) is 16.7 Å². The summed E-state index contributed by atoms with van der Waals surface area (Å²) in [6, 6.07) is 16.1. The molecule has 0 bridgehead atoms. The fraction of sp³-hybridized carbons (Fsp3) is 0.259. The zero-order valence-electron chi connectivity index (χ0n) is 20.0. The van der Waals surface area contributed by atoms with Crippen molar-refractivity contribution in [1.82, 2.24) is 14.9 Å². The summed E-state index contributed by atoms with van der Waals surface area (Å²) in [4.78, 5) is 35.2. The Kier molecular flexibility index (Phi) is 7.64. The van der Waals surface area contributed by atoms with Crippen LogP contribution in [-0.2, 0) is 9.53 Å². The molecule has 7 heteroatoms. The van der Waals surface area contributed by atoms with Gasteiger partial charge in [0.25, 0.3) is 0 Å². The van der Waals surface area contributed by atoms with Gasteiger partial charge < -0.3 is 10.1 Å². The number of hydrogen-bond donors (Lipinski definition) is 1. The van der Waals surface area contributed by atoms with E-state index in [9.17, 15) is 9.59 Å². The highest BCUT2D eigenvalue weighted by Crippen LogP contribution is 2.22. The molecule has 1 atom stereocenters. The third-order valence-corrected chi connectivity index (χ3v) is 4.82. The number of rotatable bonds is 4. The molecule has 0 aliphatic carbocycles. The molecule has 0 aliphatic heterocycles. The van der Waals surface area contributed by atoms with E-state index >= 15 is 0 Å². The predicted molar refractivity (Wildman–Crippen MR) is 132 cm³/mol. The topological polar surface area (TPSA) is 84.4 Å². The Bertz CT molecular complexity index is 1210. The van der Waals surface area contributed by atoms with Gasteiger partial charge in [-0.1, -0.05) is 30.2 Å². The Labute approximate surface area is 200 Å². The van der Waals surface area contributed by atoms with E-state index in [1.54, 1.807) is 46.2 Å². The maximum Gasteiger partial charge on any atom is 0.410 e. The number of amides is 2. The number of nitrogens with one attached hydrogen (secondary N) is 1. The summed E-state index contributed by atoms with van der Waals surface area (Å²) in [5.74, 6) is 6.08. The number of hydrogen-bond acceptors (Lipinski definition) is 5. The van der Waals surface area contributed by atoms with Crippen LogP contribution in [0.25, 0.3) is 11.1 Å². The van der Waals surface area contributed by atoms with Crippen LogP contribution in [0.15, 0.2) is 67.0 Å². The maximum atomic E-state index is 12.9. The highest BCUT2D eigenvalue weighted by molar-refractivity contribution is 5.96. The molecule has 0 radical (unpaired) electrons. The van der Waals surface area contributed by atoms with Crippen molar-refractivity contribution in [2.75, 3.05) is 12.4 Å². The molecule has 7 nitrogen and oxygen atoms in total. The lowest BCUT2D eigenvalue weighted by atomic mass is 10.1. The molecule has 1 unspecified atom stereocenters. The lowest BCUT2D eigenvalue weighted by molar-refractivity contribution is -0.120. The van der Waals surface area contributed by atoms with Crippen molar-refractivity contribution in [2.24, 2.45) is 0 Å². The fourth-order valence-corrected chi connectivity index (χ4v) is 2.92. The Morgan fingerprint density at radius 1 is 1.03 bits per heavy atom. The van der Waals surface area contributed by atoms with Gasteiger partial charge in [-0.2, -0.15) is 0 Å². The smallest absolute Gasteiger partial charge is 0.410 e. The van der Waals surface area contributed by atoms with Crippen LogP contribution in [0.4, 0.5) is 10.6 Å². The monoisotopic (exact) mass is 456 g/mol. The van der Waals surface area contributed by atoms with Crippen LogP contribution in [-0.4, -0.2) is 45.6 Å². The molecule has 1 aromatic carbocycles. The van der Waals surface area contributed by atoms with E-state index in [1.165, 1.54) is 11.9 Å². The quantitative estimate of drug-likeness (QED) is 0.574. The number of carbonyl (C=O) groups excluding carboxylic acids is 2. The molecular formula is C27H28N4O3. The molecule has 0 spiro atoms. The standard InChI is InChI=1S/C27H28N4O3/c1-19(31(5)26(33)34-27(2,3)4)25(32)30-24-17-22(21-12-9-15-28-18-21)16-23(29-24)14-13-20-10-7-6-8-11-20/h6-12,15-19H,1-5H3,(H,29,30,32). The summed E-state index contributed by atoms with van der Waals surface area (Å²) in [6.45, 7) is 6.94. The van der Waals surface area contributed by atoms with E-state index in [4.69, 9.17) is 4.74 Å². The molecule has 3 aromatic rings. The zero-order chi connectivity index (χ0) is 24.7. The molecule has 0 fully saturated rings. The molecular weight excluding hydrogens is 428 g/mol.